The molecule has 0 saturated heterocycles. The monoisotopic (exact) mass is 717 g/mol. The van der Waals surface area contributed by atoms with Crippen LogP contribution in [0.1, 0.15) is 0 Å². The Morgan fingerprint density at radius 3 is 1.70 bits per heavy atom. The first kappa shape index (κ1) is 31.9. The number of furan rings is 2. The summed E-state index contributed by atoms with van der Waals surface area (Å²) >= 11 is 0. The number of fused-ring (bicyclic) bond motifs is 6. The van der Waals surface area contributed by atoms with Crippen LogP contribution in [0.15, 0.2) is 197 Å². The van der Waals surface area contributed by atoms with Gasteiger partial charge in [0.15, 0.2) is 5.82 Å². The van der Waals surface area contributed by atoms with E-state index >= 15 is 0 Å². The number of hydrogen-bond donors (Lipinski definition) is 0. The molecule has 0 aliphatic carbocycles. The van der Waals surface area contributed by atoms with Gasteiger partial charge in [0.2, 0.25) is 0 Å². The second-order valence-corrected chi connectivity index (χ2v) is 14.0. The zero-order valence-corrected chi connectivity index (χ0v) is 30.1. The van der Waals surface area contributed by atoms with Crippen molar-refractivity contribution in [3.8, 4) is 67.3 Å². The Labute approximate surface area is 322 Å². The SMILES string of the molecule is c1ccc(-c2cc(-c3ccc(-c4ccc(-c5cccc6c5oc5ccccc56)c5oc6ccccc6c45)cc3)nc(-c3ccc(-c4cccnc4)cc3)n2)cc1. The van der Waals surface area contributed by atoms with E-state index in [0.29, 0.717) is 5.82 Å². The number of rotatable bonds is 6. The fourth-order valence-corrected chi connectivity index (χ4v) is 7.89. The van der Waals surface area contributed by atoms with E-state index < -0.39 is 0 Å². The van der Waals surface area contributed by atoms with Gasteiger partial charge < -0.3 is 8.83 Å². The molecule has 0 spiro atoms. The van der Waals surface area contributed by atoms with E-state index in [0.717, 1.165) is 105 Å². The lowest BCUT2D eigenvalue weighted by Crippen LogP contribution is -1.96. The number of hydrogen-bond acceptors (Lipinski definition) is 5. The first-order valence-corrected chi connectivity index (χ1v) is 18.7. The third kappa shape index (κ3) is 5.37. The molecule has 0 saturated carbocycles. The molecule has 0 aliphatic rings. The molecule has 0 N–H and O–H groups in total. The number of aromatic nitrogens is 3. The predicted octanol–water partition coefficient (Wildman–Crippen LogP) is 13.7. The number of para-hydroxylation sites is 3. The number of benzene rings is 7. The third-order valence-electron chi connectivity index (χ3n) is 10.6. The molecule has 0 fully saturated rings. The van der Waals surface area contributed by atoms with Crippen LogP contribution in [-0.2, 0) is 0 Å². The van der Waals surface area contributed by atoms with Crippen molar-refractivity contribution >= 4 is 43.9 Å². The molecule has 5 nitrogen and oxygen atoms in total. The van der Waals surface area contributed by atoms with Gasteiger partial charge in [-0.15, -0.1) is 0 Å². The highest BCUT2D eigenvalue weighted by molar-refractivity contribution is 6.18. The van der Waals surface area contributed by atoms with Gasteiger partial charge in [0.25, 0.3) is 0 Å². The summed E-state index contributed by atoms with van der Waals surface area (Å²) in [7, 11) is 0. The molecule has 262 valence electrons. The van der Waals surface area contributed by atoms with E-state index in [9.17, 15) is 0 Å². The highest BCUT2D eigenvalue weighted by atomic mass is 16.3. The van der Waals surface area contributed by atoms with Crippen LogP contribution in [0.2, 0.25) is 0 Å². The van der Waals surface area contributed by atoms with Gasteiger partial charge in [0.05, 0.1) is 11.4 Å². The summed E-state index contributed by atoms with van der Waals surface area (Å²) in [5.74, 6) is 0.671. The highest BCUT2D eigenvalue weighted by Gasteiger charge is 2.20. The lowest BCUT2D eigenvalue weighted by molar-refractivity contribution is 0.665. The smallest absolute Gasteiger partial charge is 0.160 e. The van der Waals surface area contributed by atoms with Crippen molar-refractivity contribution in [2.24, 2.45) is 0 Å². The average molecular weight is 718 g/mol. The quantitative estimate of drug-likeness (QED) is 0.171. The Bertz CT molecular complexity index is 3220. The van der Waals surface area contributed by atoms with Crippen LogP contribution in [0.3, 0.4) is 0 Å². The molecule has 56 heavy (non-hydrogen) atoms. The van der Waals surface area contributed by atoms with Crippen molar-refractivity contribution in [3.63, 3.8) is 0 Å². The minimum Gasteiger partial charge on any atom is -0.455 e. The van der Waals surface area contributed by atoms with Gasteiger partial charge in [0, 0.05) is 61.8 Å². The van der Waals surface area contributed by atoms with Crippen LogP contribution in [0.5, 0.6) is 0 Å². The van der Waals surface area contributed by atoms with Gasteiger partial charge in [-0.1, -0.05) is 146 Å². The molecular weight excluding hydrogens is 687 g/mol. The van der Waals surface area contributed by atoms with Crippen LogP contribution in [0.4, 0.5) is 0 Å². The summed E-state index contributed by atoms with van der Waals surface area (Å²) in [6, 6.07) is 60.6. The van der Waals surface area contributed by atoms with Gasteiger partial charge in [-0.2, -0.15) is 0 Å². The standard InChI is InChI=1S/C51H31N3O2/c1-2-10-34(11-3-1)44-30-45(54-51(53-44)36-25-19-32(20-26-36)37-12-9-29-52-31-37)35-23-21-33(22-24-35)38-27-28-42(50-48(38)43-14-5-7-18-47(43)56-50)41-16-8-15-40-39-13-4-6-17-46(39)55-49(40)41/h1-31H. The molecule has 5 heteroatoms. The number of nitrogens with zero attached hydrogens (tertiary/aromatic N) is 3. The molecular formula is C51H31N3O2. The maximum atomic E-state index is 6.70. The van der Waals surface area contributed by atoms with Crippen molar-refractivity contribution in [1.29, 1.82) is 0 Å². The molecule has 0 amide bonds. The van der Waals surface area contributed by atoms with E-state index in [1.165, 1.54) is 0 Å². The van der Waals surface area contributed by atoms with E-state index in [1.54, 1.807) is 6.20 Å². The Morgan fingerprint density at radius 1 is 0.357 bits per heavy atom. The van der Waals surface area contributed by atoms with Crippen LogP contribution in [0, 0.1) is 0 Å². The summed E-state index contributed by atoms with van der Waals surface area (Å²) in [4.78, 5) is 14.5. The molecule has 11 aromatic rings. The van der Waals surface area contributed by atoms with Gasteiger partial charge in [-0.05, 0) is 52.6 Å². The molecule has 0 radical (unpaired) electrons. The fraction of sp³-hybridized carbons (Fsp3) is 0. The molecule has 0 bridgehead atoms. The van der Waals surface area contributed by atoms with Crippen molar-refractivity contribution in [3.05, 3.63) is 188 Å². The third-order valence-corrected chi connectivity index (χ3v) is 10.6. The van der Waals surface area contributed by atoms with Crippen molar-refractivity contribution < 1.29 is 8.83 Å². The van der Waals surface area contributed by atoms with Crippen LogP contribution in [-0.4, -0.2) is 15.0 Å². The lowest BCUT2D eigenvalue weighted by Gasteiger charge is -2.11. The second-order valence-electron chi connectivity index (χ2n) is 14.0. The minimum atomic E-state index is 0.671. The van der Waals surface area contributed by atoms with Crippen LogP contribution < -0.4 is 0 Å². The van der Waals surface area contributed by atoms with E-state index in [1.807, 2.05) is 54.7 Å². The molecule has 0 aliphatic heterocycles. The average Bonchev–Trinajstić information content (AvgIpc) is 3.86. The molecule has 4 aromatic heterocycles. The topological polar surface area (TPSA) is 65.0 Å². The van der Waals surface area contributed by atoms with Crippen LogP contribution >= 0.6 is 0 Å². The van der Waals surface area contributed by atoms with Gasteiger partial charge in [-0.25, -0.2) is 9.97 Å². The Balaban J connectivity index is 1.02. The molecule has 7 aromatic carbocycles. The predicted molar refractivity (Wildman–Crippen MR) is 227 cm³/mol. The summed E-state index contributed by atoms with van der Waals surface area (Å²) in [5.41, 5.74) is 14.5. The maximum Gasteiger partial charge on any atom is 0.160 e. The number of pyridine rings is 1. The molecule has 11 rings (SSSR count). The summed E-state index contributed by atoms with van der Waals surface area (Å²) in [6.07, 6.45) is 3.66. The Morgan fingerprint density at radius 2 is 0.929 bits per heavy atom. The largest absolute Gasteiger partial charge is 0.455 e. The molecule has 0 atom stereocenters. The maximum absolute atomic E-state index is 6.70. The van der Waals surface area contributed by atoms with Crippen molar-refractivity contribution in [2.45, 2.75) is 0 Å². The van der Waals surface area contributed by atoms with Crippen molar-refractivity contribution in [2.75, 3.05) is 0 Å². The first-order chi connectivity index (χ1) is 27.7. The normalized spacial score (nSPS) is 11.6. The van der Waals surface area contributed by atoms with E-state index in [4.69, 9.17) is 18.8 Å². The van der Waals surface area contributed by atoms with Gasteiger partial charge in [-0.3, -0.25) is 4.98 Å². The van der Waals surface area contributed by atoms with Crippen LogP contribution in [0.25, 0.3) is 111 Å². The van der Waals surface area contributed by atoms with E-state index in [2.05, 4.69) is 132 Å². The first-order valence-electron chi connectivity index (χ1n) is 18.7. The minimum absolute atomic E-state index is 0.671. The summed E-state index contributed by atoms with van der Waals surface area (Å²) < 4.78 is 13.2. The summed E-state index contributed by atoms with van der Waals surface area (Å²) in [5, 5.41) is 4.34. The fourth-order valence-electron chi connectivity index (χ4n) is 7.89. The van der Waals surface area contributed by atoms with E-state index in [-0.39, 0.29) is 0 Å². The van der Waals surface area contributed by atoms with Gasteiger partial charge >= 0.3 is 0 Å². The Kier molecular flexibility index (Phi) is 7.42. The second kappa shape index (κ2) is 13.0. The molecule has 4 heterocycles. The highest BCUT2D eigenvalue weighted by Crippen LogP contribution is 2.45. The zero-order valence-electron chi connectivity index (χ0n) is 30.1. The van der Waals surface area contributed by atoms with Gasteiger partial charge in [0.1, 0.15) is 22.3 Å². The summed E-state index contributed by atoms with van der Waals surface area (Å²) in [6.45, 7) is 0. The zero-order chi connectivity index (χ0) is 37.0. The lowest BCUT2D eigenvalue weighted by atomic mass is 9.93. The van der Waals surface area contributed by atoms with Crippen molar-refractivity contribution in [1.82, 2.24) is 15.0 Å². The Hall–Kier alpha value is -7.63. The molecule has 0 unspecified atom stereocenters.